The number of aromatic nitrogens is 1. The van der Waals surface area contributed by atoms with Crippen molar-refractivity contribution in [3.05, 3.63) is 30.2 Å². The summed E-state index contributed by atoms with van der Waals surface area (Å²) in [7, 11) is 0. The fourth-order valence-electron chi connectivity index (χ4n) is 3.40. The van der Waals surface area contributed by atoms with Crippen LogP contribution in [0.15, 0.2) is 28.7 Å². The van der Waals surface area contributed by atoms with E-state index in [4.69, 9.17) is 13.9 Å². The van der Waals surface area contributed by atoms with E-state index in [-0.39, 0.29) is 18.1 Å². The van der Waals surface area contributed by atoms with Gasteiger partial charge in [0.25, 0.3) is 0 Å². The number of benzene rings is 1. The van der Waals surface area contributed by atoms with Crippen LogP contribution in [0, 0.1) is 0 Å². The van der Waals surface area contributed by atoms with Crippen molar-refractivity contribution >= 4 is 17.1 Å². The molecule has 0 bridgehead atoms. The second-order valence-corrected chi connectivity index (χ2v) is 6.56. The Labute approximate surface area is 146 Å². The number of likely N-dealkylation sites (tertiary alicyclic amines) is 1. The van der Waals surface area contributed by atoms with Gasteiger partial charge in [0.05, 0.1) is 31.8 Å². The van der Waals surface area contributed by atoms with E-state index in [1.165, 1.54) is 0 Å². The maximum atomic E-state index is 12.5. The minimum Gasteiger partial charge on any atom is -0.440 e. The highest BCUT2D eigenvalue weighted by Crippen LogP contribution is 2.28. The highest BCUT2D eigenvalue weighted by molar-refractivity contribution is 5.74. The van der Waals surface area contributed by atoms with Gasteiger partial charge in [0.1, 0.15) is 5.52 Å². The first kappa shape index (κ1) is 16.4. The van der Waals surface area contributed by atoms with E-state index in [2.05, 4.69) is 10.3 Å². The number of carbonyl (C=O) groups is 1. The number of fused-ring (bicyclic) bond motifs is 1. The number of oxazole rings is 1. The molecule has 2 saturated heterocycles. The van der Waals surface area contributed by atoms with Crippen LogP contribution < -0.4 is 5.32 Å². The van der Waals surface area contributed by atoms with Gasteiger partial charge in [-0.3, -0.25) is 0 Å². The molecule has 2 amide bonds. The van der Waals surface area contributed by atoms with Crippen molar-refractivity contribution in [3.8, 4) is 0 Å². The van der Waals surface area contributed by atoms with Gasteiger partial charge in [-0.05, 0) is 25.0 Å². The van der Waals surface area contributed by atoms with E-state index in [1.54, 1.807) is 0 Å². The largest absolute Gasteiger partial charge is 0.440 e. The first-order valence-corrected chi connectivity index (χ1v) is 8.87. The maximum Gasteiger partial charge on any atom is 0.317 e. The first-order valence-electron chi connectivity index (χ1n) is 8.87. The number of piperidine rings is 1. The second-order valence-electron chi connectivity index (χ2n) is 6.56. The highest BCUT2D eigenvalue weighted by Gasteiger charge is 2.28. The molecule has 1 aromatic carbocycles. The maximum absolute atomic E-state index is 12.5. The number of para-hydroxylation sites is 2. The zero-order valence-electron chi connectivity index (χ0n) is 14.1. The number of carbonyl (C=O) groups excluding carboxylic acids is 1. The lowest BCUT2D eigenvalue weighted by Crippen LogP contribution is -2.48. The Morgan fingerprint density at radius 2 is 2.24 bits per heavy atom. The highest BCUT2D eigenvalue weighted by atomic mass is 16.6. The van der Waals surface area contributed by atoms with Crippen molar-refractivity contribution in [3.63, 3.8) is 0 Å². The van der Waals surface area contributed by atoms with Crippen LogP contribution in [-0.2, 0) is 9.47 Å². The number of nitrogens with one attached hydrogen (secondary N) is 1. The Balaban J connectivity index is 1.35. The molecule has 7 heteroatoms. The minimum absolute atomic E-state index is 0.0599. The van der Waals surface area contributed by atoms with Crippen LogP contribution >= 0.6 is 0 Å². The zero-order valence-corrected chi connectivity index (χ0v) is 14.1. The number of rotatable bonds is 3. The molecule has 0 spiro atoms. The summed E-state index contributed by atoms with van der Waals surface area (Å²) < 4.78 is 16.8. The van der Waals surface area contributed by atoms with Crippen LogP contribution in [0.1, 0.15) is 24.7 Å². The summed E-state index contributed by atoms with van der Waals surface area (Å²) in [5.74, 6) is 0.865. The van der Waals surface area contributed by atoms with Crippen LogP contribution in [-0.4, -0.2) is 61.5 Å². The molecule has 2 atom stereocenters. The molecule has 1 aromatic heterocycles. The summed E-state index contributed by atoms with van der Waals surface area (Å²) in [6, 6.07) is 7.70. The molecule has 2 fully saturated rings. The summed E-state index contributed by atoms with van der Waals surface area (Å²) in [6.45, 7) is 3.60. The third-order valence-corrected chi connectivity index (χ3v) is 4.73. The summed E-state index contributed by atoms with van der Waals surface area (Å²) in [5, 5.41) is 2.95. The normalized spacial score (nSPS) is 24.4. The molecular weight excluding hydrogens is 322 g/mol. The van der Waals surface area contributed by atoms with Gasteiger partial charge in [0, 0.05) is 19.6 Å². The van der Waals surface area contributed by atoms with Crippen LogP contribution in [0.3, 0.4) is 0 Å². The molecule has 0 saturated carbocycles. The van der Waals surface area contributed by atoms with Crippen molar-refractivity contribution in [2.75, 3.05) is 39.5 Å². The molecule has 1 N–H and O–H groups in total. The van der Waals surface area contributed by atoms with Gasteiger partial charge in [-0.25, -0.2) is 9.78 Å². The summed E-state index contributed by atoms with van der Waals surface area (Å²) >= 11 is 0. The SMILES string of the molecule is O=C(NC[C@@H]1COCCO1)N1CCC[C@H](c2nc3ccccc3o2)C1. The molecule has 2 aliphatic rings. The number of nitrogens with zero attached hydrogens (tertiary/aromatic N) is 2. The molecule has 25 heavy (non-hydrogen) atoms. The Bertz CT molecular complexity index is 693. The molecule has 0 radical (unpaired) electrons. The number of ether oxygens (including phenoxy) is 2. The van der Waals surface area contributed by atoms with Gasteiger partial charge in [0.15, 0.2) is 11.5 Å². The fraction of sp³-hybridized carbons (Fsp3) is 0.556. The minimum atomic E-state index is -0.0602. The van der Waals surface area contributed by atoms with Gasteiger partial charge in [0.2, 0.25) is 0 Å². The molecule has 0 unspecified atom stereocenters. The van der Waals surface area contributed by atoms with E-state index in [1.807, 2.05) is 29.2 Å². The van der Waals surface area contributed by atoms with Crippen molar-refractivity contribution in [2.24, 2.45) is 0 Å². The molecule has 134 valence electrons. The first-order chi connectivity index (χ1) is 12.3. The molecule has 4 rings (SSSR count). The van der Waals surface area contributed by atoms with Gasteiger partial charge >= 0.3 is 6.03 Å². The fourth-order valence-corrected chi connectivity index (χ4v) is 3.40. The monoisotopic (exact) mass is 345 g/mol. The van der Waals surface area contributed by atoms with Crippen molar-refractivity contribution in [1.82, 2.24) is 15.2 Å². The Morgan fingerprint density at radius 1 is 1.32 bits per heavy atom. The lowest BCUT2D eigenvalue weighted by atomic mass is 9.98. The predicted molar refractivity (Wildman–Crippen MR) is 91.5 cm³/mol. The predicted octanol–water partition coefficient (Wildman–Crippen LogP) is 2.13. The van der Waals surface area contributed by atoms with E-state index in [0.29, 0.717) is 32.9 Å². The molecule has 2 aliphatic heterocycles. The smallest absolute Gasteiger partial charge is 0.317 e. The van der Waals surface area contributed by atoms with Crippen LogP contribution in [0.2, 0.25) is 0 Å². The Morgan fingerprint density at radius 3 is 3.08 bits per heavy atom. The summed E-state index contributed by atoms with van der Waals surface area (Å²) in [4.78, 5) is 18.9. The molecular formula is C18H23N3O4. The molecule has 7 nitrogen and oxygen atoms in total. The zero-order chi connectivity index (χ0) is 17.1. The third-order valence-electron chi connectivity index (χ3n) is 4.73. The quantitative estimate of drug-likeness (QED) is 0.922. The number of urea groups is 1. The average molecular weight is 345 g/mol. The summed E-state index contributed by atoms with van der Waals surface area (Å²) in [6.07, 6.45) is 1.87. The molecule has 2 aromatic rings. The second kappa shape index (κ2) is 7.41. The van der Waals surface area contributed by atoms with E-state index < -0.39 is 0 Å². The van der Waals surface area contributed by atoms with E-state index in [0.717, 1.165) is 36.4 Å². The van der Waals surface area contributed by atoms with Gasteiger partial charge in [-0.1, -0.05) is 12.1 Å². The van der Waals surface area contributed by atoms with Crippen molar-refractivity contribution < 1.29 is 18.7 Å². The number of amides is 2. The van der Waals surface area contributed by atoms with Gasteiger partial charge in [-0.2, -0.15) is 0 Å². The topological polar surface area (TPSA) is 76.8 Å². The number of hydrogen-bond acceptors (Lipinski definition) is 5. The molecule has 0 aliphatic carbocycles. The number of hydrogen-bond donors (Lipinski definition) is 1. The average Bonchev–Trinajstić information content (AvgIpc) is 3.11. The van der Waals surface area contributed by atoms with E-state index in [9.17, 15) is 4.79 Å². The van der Waals surface area contributed by atoms with Crippen molar-refractivity contribution in [2.45, 2.75) is 24.9 Å². The van der Waals surface area contributed by atoms with Crippen LogP contribution in [0.4, 0.5) is 4.79 Å². The van der Waals surface area contributed by atoms with Crippen molar-refractivity contribution in [1.29, 1.82) is 0 Å². The van der Waals surface area contributed by atoms with Crippen LogP contribution in [0.5, 0.6) is 0 Å². The lowest BCUT2D eigenvalue weighted by molar-refractivity contribution is -0.0856. The van der Waals surface area contributed by atoms with Gasteiger partial charge < -0.3 is 24.1 Å². The van der Waals surface area contributed by atoms with Crippen LogP contribution in [0.25, 0.3) is 11.1 Å². The summed E-state index contributed by atoms with van der Waals surface area (Å²) in [5.41, 5.74) is 1.67. The third kappa shape index (κ3) is 3.77. The Hall–Kier alpha value is -2.12. The Kier molecular flexibility index (Phi) is 4.85. The van der Waals surface area contributed by atoms with Gasteiger partial charge in [-0.15, -0.1) is 0 Å². The lowest BCUT2D eigenvalue weighted by Gasteiger charge is -2.32. The molecule has 3 heterocycles. The standard InChI is InChI=1S/C18H23N3O4/c22-18(19-10-14-12-23-8-9-24-14)21-7-3-4-13(11-21)17-20-15-5-1-2-6-16(15)25-17/h1-2,5-6,13-14H,3-4,7-12H2,(H,19,22)/t13-,14+/m0/s1. The van der Waals surface area contributed by atoms with E-state index >= 15 is 0 Å².